The van der Waals surface area contributed by atoms with Crippen LogP contribution in [0.4, 0.5) is 15.8 Å². The zero-order valence-corrected chi connectivity index (χ0v) is 12.8. The van der Waals surface area contributed by atoms with Crippen LogP contribution in [0.3, 0.4) is 0 Å². The van der Waals surface area contributed by atoms with Crippen LogP contribution in [0.25, 0.3) is 0 Å². The SMILES string of the molecule is CCOC(=O)c1cc(NCCS(=O)(=O)CC)c(F)cc1N. The van der Waals surface area contributed by atoms with Gasteiger partial charge in [0.15, 0.2) is 9.84 Å². The van der Waals surface area contributed by atoms with E-state index in [9.17, 15) is 17.6 Å². The second-order valence-corrected chi connectivity index (χ2v) is 6.78. The molecule has 0 saturated heterocycles. The van der Waals surface area contributed by atoms with Gasteiger partial charge in [-0.3, -0.25) is 0 Å². The van der Waals surface area contributed by atoms with Crippen molar-refractivity contribution in [2.45, 2.75) is 13.8 Å². The highest BCUT2D eigenvalue weighted by molar-refractivity contribution is 7.91. The Bertz CT molecular complexity index is 617. The minimum atomic E-state index is -3.15. The summed E-state index contributed by atoms with van der Waals surface area (Å²) in [4.78, 5) is 11.7. The van der Waals surface area contributed by atoms with Crippen LogP contribution in [0.1, 0.15) is 24.2 Å². The van der Waals surface area contributed by atoms with Gasteiger partial charge in [0.05, 0.1) is 23.6 Å². The van der Waals surface area contributed by atoms with Gasteiger partial charge in [0.1, 0.15) is 5.82 Å². The molecule has 0 unspecified atom stereocenters. The predicted octanol–water partition coefficient (Wildman–Crippen LogP) is 1.43. The molecular weight excluding hydrogens is 299 g/mol. The second-order valence-electron chi connectivity index (χ2n) is 4.30. The molecule has 0 aliphatic carbocycles. The lowest BCUT2D eigenvalue weighted by atomic mass is 10.1. The maximum Gasteiger partial charge on any atom is 0.340 e. The van der Waals surface area contributed by atoms with Gasteiger partial charge in [-0.2, -0.15) is 0 Å². The van der Waals surface area contributed by atoms with Crippen molar-refractivity contribution >= 4 is 27.2 Å². The van der Waals surface area contributed by atoms with Gasteiger partial charge in [-0.1, -0.05) is 6.92 Å². The van der Waals surface area contributed by atoms with E-state index in [1.165, 1.54) is 13.0 Å². The topological polar surface area (TPSA) is 98.5 Å². The summed E-state index contributed by atoms with van der Waals surface area (Å²) in [6.45, 7) is 3.40. The summed E-state index contributed by atoms with van der Waals surface area (Å²) >= 11 is 0. The van der Waals surface area contributed by atoms with Gasteiger partial charge in [-0.15, -0.1) is 0 Å². The first-order valence-electron chi connectivity index (χ1n) is 6.51. The fourth-order valence-electron chi connectivity index (χ4n) is 1.60. The summed E-state index contributed by atoms with van der Waals surface area (Å²) in [6, 6.07) is 2.23. The number of nitrogens with one attached hydrogen (secondary N) is 1. The number of nitrogen functional groups attached to an aromatic ring is 1. The van der Waals surface area contributed by atoms with E-state index in [0.29, 0.717) is 0 Å². The van der Waals surface area contributed by atoms with E-state index < -0.39 is 21.6 Å². The average molecular weight is 318 g/mol. The predicted molar refractivity (Wildman–Crippen MR) is 79.6 cm³/mol. The number of rotatable bonds is 7. The summed E-state index contributed by atoms with van der Waals surface area (Å²) in [7, 11) is -3.15. The lowest BCUT2D eigenvalue weighted by molar-refractivity contribution is 0.0527. The molecule has 0 aliphatic rings. The first kappa shape index (κ1) is 17.2. The molecule has 0 saturated carbocycles. The highest BCUT2D eigenvalue weighted by Crippen LogP contribution is 2.23. The Hall–Kier alpha value is -1.83. The van der Waals surface area contributed by atoms with Gasteiger partial charge in [0.25, 0.3) is 0 Å². The number of hydrogen-bond acceptors (Lipinski definition) is 6. The zero-order valence-electron chi connectivity index (χ0n) is 12.0. The molecule has 6 nitrogen and oxygen atoms in total. The van der Waals surface area contributed by atoms with Crippen molar-refractivity contribution in [3.63, 3.8) is 0 Å². The van der Waals surface area contributed by atoms with Crippen LogP contribution in [-0.2, 0) is 14.6 Å². The van der Waals surface area contributed by atoms with Gasteiger partial charge in [0.2, 0.25) is 0 Å². The Morgan fingerprint density at radius 3 is 2.62 bits per heavy atom. The minimum absolute atomic E-state index is 0.0126. The first-order valence-corrected chi connectivity index (χ1v) is 8.33. The van der Waals surface area contributed by atoms with E-state index in [4.69, 9.17) is 10.5 Å². The number of esters is 1. The highest BCUT2D eigenvalue weighted by Gasteiger charge is 2.15. The number of anilines is 2. The van der Waals surface area contributed by atoms with Crippen LogP contribution in [-0.4, -0.2) is 39.0 Å². The Morgan fingerprint density at radius 2 is 2.05 bits per heavy atom. The van der Waals surface area contributed by atoms with Crippen LogP contribution < -0.4 is 11.1 Å². The molecular formula is C13H19FN2O4S. The summed E-state index contributed by atoms with van der Waals surface area (Å²) in [5.41, 5.74) is 5.60. The van der Waals surface area contributed by atoms with E-state index in [1.54, 1.807) is 6.92 Å². The number of hydrogen-bond donors (Lipinski definition) is 2. The Balaban J connectivity index is 2.88. The van der Waals surface area contributed by atoms with E-state index in [1.807, 2.05) is 0 Å². The fourth-order valence-corrected chi connectivity index (χ4v) is 2.30. The molecule has 1 aromatic rings. The van der Waals surface area contributed by atoms with Crippen molar-refractivity contribution < 1.29 is 22.3 Å². The number of carbonyl (C=O) groups is 1. The van der Waals surface area contributed by atoms with Gasteiger partial charge in [-0.25, -0.2) is 17.6 Å². The molecule has 0 bridgehead atoms. The monoisotopic (exact) mass is 318 g/mol. The van der Waals surface area contributed by atoms with Crippen molar-refractivity contribution in [2.24, 2.45) is 0 Å². The van der Waals surface area contributed by atoms with E-state index in [0.717, 1.165) is 6.07 Å². The van der Waals surface area contributed by atoms with Crippen molar-refractivity contribution in [2.75, 3.05) is 35.7 Å². The third-order valence-corrected chi connectivity index (χ3v) is 4.51. The van der Waals surface area contributed by atoms with Gasteiger partial charge in [-0.05, 0) is 19.1 Å². The molecule has 0 spiro atoms. The van der Waals surface area contributed by atoms with Crippen LogP contribution in [0.2, 0.25) is 0 Å². The third kappa shape index (κ3) is 4.89. The maximum atomic E-state index is 13.7. The number of nitrogens with two attached hydrogens (primary N) is 1. The average Bonchev–Trinajstić information content (AvgIpc) is 2.41. The standard InChI is InChI=1S/C13H19FN2O4S/c1-3-20-13(17)9-7-12(10(14)8-11(9)15)16-5-6-21(18,19)4-2/h7-8,16H,3-6,15H2,1-2H3. The highest BCUT2D eigenvalue weighted by atomic mass is 32.2. The molecule has 0 fully saturated rings. The van der Waals surface area contributed by atoms with E-state index in [-0.39, 0.29) is 41.6 Å². The summed E-state index contributed by atoms with van der Waals surface area (Å²) in [5.74, 6) is -1.41. The van der Waals surface area contributed by atoms with Crippen LogP contribution in [0, 0.1) is 5.82 Å². The number of sulfone groups is 1. The minimum Gasteiger partial charge on any atom is -0.462 e. The third-order valence-electron chi connectivity index (χ3n) is 2.80. The van der Waals surface area contributed by atoms with Crippen LogP contribution in [0.5, 0.6) is 0 Å². The Morgan fingerprint density at radius 1 is 1.38 bits per heavy atom. The lowest BCUT2D eigenvalue weighted by Gasteiger charge is -2.11. The number of benzene rings is 1. The van der Waals surface area contributed by atoms with Crippen molar-refractivity contribution in [1.82, 2.24) is 0 Å². The summed E-state index contributed by atoms with van der Waals surface area (Å²) in [5, 5.41) is 2.65. The molecule has 8 heteroatoms. The molecule has 118 valence electrons. The first-order chi connectivity index (χ1) is 9.80. The molecule has 1 aromatic carbocycles. The quantitative estimate of drug-likeness (QED) is 0.583. The van der Waals surface area contributed by atoms with E-state index in [2.05, 4.69) is 5.32 Å². The molecule has 21 heavy (non-hydrogen) atoms. The Labute approximate surface area is 123 Å². The van der Waals surface area contributed by atoms with Gasteiger partial charge in [0, 0.05) is 18.0 Å². The van der Waals surface area contributed by atoms with Crippen molar-refractivity contribution in [3.05, 3.63) is 23.5 Å². The van der Waals surface area contributed by atoms with E-state index >= 15 is 0 Å². The molecule has 0 aromatic heterocycles. The largest absolute Gasteiger partial charge is 0.462 e. The molecule has 0 atom stereocenters. The maximum absolute atomic E-state index is 13.7. The second kappa shape index (κ2) is 7.26. The lowest BCUT2D eigenvalue weighted by Crippen LogP contribution is -2.18. The van der Waals surface area contributed by atoms with Crippen molar-refractivity contribution in [1.29, 1.82) is 0 Å². The normalized spacial score (nSPS) is 11.2. The van der Waals surface area contributed by atoms with Crippen LogP contribution in [0.15, 0.2) is 12.1 Å². The fraction of sp³-hybridized carbons (Fsp3) is 0.462. The van der Waals surface area contributed by atoms with Crippen molar-refractivity contribution in [3.8, 4) is 0 Å². The molecule has 0 amide bonds. The molecule has 0 radical (unpaired) electrons. The smallest absolute Gasteiger partial charge is 0.340 e. The summed E-state index contributed by atoms with van der Waals surface area (Å²) in [6.07, 6.45) is 0. The molecule has 1 rings (SSSR count). The molecule has 3 N–H and O–H groups in total. The summed E-state index contributed by atoms with van der Waals surface area (Å²) < 4.78 is 41.3. The number of carbonyl (C=O) groups excluding carboxylic acids is 1. The van der Waals surface area contributed by atoms with Crippen LogP contribution >= 0.6 is 0 Å². The molecule has 0 heterocycles. The van der Waals surface area contributed by atoms with Gasteiger partial charge >= 0.3 is 5.97 Å². The number of ether oxygens (including phenoxy) is 1. The Kier molecular flexibility index (Phi) is 5.95. The molecule has 0 aliphatic heterocycles. The number of halogens is 1. The zero-order chi connectivity index (χ0) is 16.0. The van der Waals surface area contributed by atoms with Gasteiger partial charge < -0.3 is 15.8 Å².